The molecular weight excluding hydrogens is 594 g/mol. The summed E-state index contributed by atoms with van der Waals surface area (Å²) in [5, 5.41) is 21.5. The van der Waals surface area contributed by atoms with Gasteiger partial charge in [0.1, 0.15) is 5.75 Å². The van der Waals surface area contributed by atoms with Gasteiger partial charge in [-0.1, -0.05) is 18.1 Å². The van der Waals surface area contributed by atoms with Crippen LogP contribution in [0.25, 0.3) is 0 Å². The zero-order chi connectivity index (χ0) is 32.6. The molecule has 4 atom stereocenters. The van der Waals surface area contributed by atoms with E-state index < -0.39 is 0 Å². The first kappa shape index (κ1) is 32.9. The first-order valence-electron chi connectivity index (χ1n) is 18.5. The van der Waals surface area contributed by atoms with E-state index in [1.165, 1.54) is 63.0 Å². The number of aromatic hydroxyl groups is 1. The van der Waals surface area contributed by atoms with E-state index in [-0.39, 0.29) is 29.3 Å². The Bertz CT molecular complexity index is 1330. The number of nitrogens with zero attached hydrogens (tertiary/aromatic N) is 1. The number of phenolic OH excluding ortho intramolecular Hbond substituents is 1. The predicted molar refractivity (Wildman–Crippen MR) is 179 cm³/mol. The van der Waals surface area contributed by atoms with Crippen LogP contribution < -0.4 is 10.6 Å². The van der Waals surface area contributed by atoms with Crippen LogP contribution in [0.4, 0.5) is 0 Å². The third-order valence-corrected chi connectivity index (χ3v) is 13.1. The van der Waals surface area contributed by atoms with Gasteiger partial charge in [0.05, 0.1) is 32.1 Å². The summed E-state index contributed by atoms with van der Waals surface area (Å²) in [4.78, 5) is 28.8. The number of nitrogens with one attached hydrogen (secondary N) is 2. The SMILES string of the molecule is CC(=O)NCCOCCOCCNC(=O)CO/N=C1\CCC2C3CCc4cc(O)c(C56CC7CC(CC(C7)C5)C6)cc4C3CC[C@]12C. The molecule has 9 heteroatoms. The molecule has 7 aliphatic rings. The lowest BCUT2D eigenvalue weighted by Gasteiger charge is -2.57. The maximum Gasteiger partial charge on any atom is 0.260 e. The van der Waals surface area contributed by atoms with E-state index in [0.717, 1.165) is 55.6 Å². The minimum absolute atomic E-state index is 0.0207. The van der Waals surface area contributed by atoms with Gasteiger partial charge in [-0.25, -0.2) is 0 Å². The van der Waals surface area contributed by atoms with Gasteiger partial charge in [-0.3, -0.25) is 9.59 Å². The van der Waals surface area contributed by atoms with Crippen LogP contribution in [-0.4, -0.2) is 68.8 Å². The number of phenols is 1. The summed E-state index contributed by atoms with van der Waals surface area (Å²) >= 11 is 0. The molecule has 2 amide bonds. The molecule has 9 nitrogen and oxygen atoms in total. The summed E-state index contributed by atoms with van der Waals surface area (Å²) in [7, 11) is 0. The van der Waals surface area contributed by atoms with Gasteiger partial charge < -0.3 is 30.1 Å². The lowest BCUT2D eigenvalue weighted by atomic mass is 9.47. The quantitative estimate of drug-likeness (QED) is 0.195. The Morgan fingerprint density at radius 1 is 0.915 bits per heavy atom. The number of hydrogen-bond acceptors (Lipinski definition) is 7. The number of aryl methyl sites for hydroxylation is 1. The number of rotatable bonds is 13. The lowest BCUT2D eigenvalue weighted by molar-refractivity contribution is -0.126. The van der Waals surface area contributed by atoms with Crippen LogP contribution in [0.15, 0.2) is 17.3 Å². The van der Waals surface area contributed by atoms with Crippen LogP contribution in [0.2, 0.25) is 0 Å². The topological polar surface area (TPSA) is 118 Å². The summed E-state index contributed by atoms with van der Waals surface area (Å²) in [6.07, 6.45) is 14.6. The molecule has 0 saturated heterocycles. The summed E-state index contributed by atoms with van der Waals surface area (Å²) < 4.78 is 10.9. The van der Waals surface area contributed by atoms with E-state index in [0.29, 0.717) is 63.0 Å². The Labute approximate surface area is 279 Å². The number of carbonyl (C=O) groups is 2. The van der Waals surface area contributed by atoms with E-state index in [1.807, 2.05) is 0 Å². The van der Waals surface area contributed by atoms with Crippen molar-refractivity contribution in [1.29, 1.82) is 0 Å². The summed E-state index contributed by atoms with van der Waals surface area (Å²) in [6.45, 7) is 6.37. The van der Waals surface area contributed by atoms with E-state index in [4.69, 9.17) is 14.3 Å². The second-order valence-corrected chi connectivity index (χ2v) is 16.0. The van der Waals surface area contributed by atoms with Gasteiger partial charge in [0.15, 0.2) is 6.61 Å². The fraction of sp³-hybridized carbons (Fsp3) is 0.763. The van der Waals surface area contributed by atoms with Crippen molar-refractivity contribution in [2.24, 2.45) is 40.2 Å². The molecule has 0 aliphatic heterocycles. The fourth-order valence-corrected chi connectivity index (χ4v) is 11.5. The van der Waals surface area contributed by atoms with Crippen molar-refractivity contribution in [3.63, 3.8) is 0 Å². The van der Waals surface area contributed by atoms with Crippen molar-refractivity contribution >= 4 is 17.5 Å². The van der Waals surface area contributed by atoms with Crippen molar-refractivity contribution in [3.8, 4) is 5.75 Å². The molecule has 6 fully saturated rings. The van der Waals surface area contributed by atoms with Crippen molar-refractivity contribution in [3.05, 3.63) is 28.8 Å². The monoisotopic (exact) mass is 649 g/mol. The van der Waals surface area contributed by atoms with Crippen LogP contribution in [0, 0.1) is 35.0 Å². The molecule has 0 spiro atoms. The second kappa shape index (κ2) is 13.7. The van der Waals surface area contributed by atoms with Crippen molar-refractivity contribution in [1.82, 2.24) is 10.6 Å². The van der Waals surface area contributed by atoms with Gasteiger partial charge in [0.25, 0.3) is 5.91 Å². The average molecular weight is 650 g/mol. The zero-order valence-corrected chi connectivity index (χ0v) is 28.5. The predicted octanol–water partition coefficient (Wildman–Crippen LogP) is 5.37. The molecule has 0 aromatic heterocycles. The fourth-order valence-electron chi connectivity index (χ4n) is 11.5. The molecule has 258 valence electrons. The number of ether oxygens (including phenoxy) is 2. The largest absolute Gasteiger partial charge is 0.508 e. The van der Waals surface area contributed by atoms with Gasteiger partial charge in [-0.05, 0) is 135 Å². The highest BCUT2D eigenvalue weighted by Gasteiger charge is 2.55. The third kappa shape index (κ3) is 6.68. The molecule has 4 bridgehead atoms. The number of carbonyl (C=O) groups excluding carboxylic acids is 2. The maximum absolute atomic E-state index is 12.4. The number of amides is 2. The highest BCUT2D eigenvalue weighted by Crippen LogP contribution is 2.64. The van der Waals surface area contributed by atoms with Crippen LogP contribution in [0.1, 0.15) is 107 Å². The van der Waals surface area contributed by atoms with Gasteiger partial charge in [0, 0.05) is 31.0 Å². The number of fused-ring (bicyclic) bond motifs is 5. The normalized spacial score (nSPS) is 35.7. The standard InChI is InChI=1S/C38H55N3O6/c1-24(42)39-9-11-45-13-14-46-12-10-40-36(44)23-47-41-35-6-5-32-30-4-3-28-18-34(43)33(19-31(28)29(30)7-8-37(32,35)2)38-20-25-15-26(21-38)17-27(16-25)22-38/h18-19,25-27,29-30,32,43H,3-17,20-23H2,1-2H3,(H,39,42)(H,40,44)/b41-35+/t25?,26?,27?,29?,30?,32?,37-,38?/m0/s1. The lowest BCUT2D eigenvalue weighted by Crippen LogP contribution is -2.48. The first-order valence-corrected chi connectivity index (χ1v) is 18.5. The summed E-state index contributed by atoms with van der Waals surface area (Å²) in [5.41, 5.74) is 5.58. The number of benzene rings is 1. The minimum atomic E-state index is -0.199. The Kier molecular flexibility index (Phi) is 9.58. The highest BCUT2D eigenvalue weighted by molar-refractivity contribution is 5.92. The van der Waals surface area contributed by atoms with E-state index >= 15 is 0 Å². The van der Waals surface area contributed by atoms with Crippen molar-refractivity contribution in [2.75, 3.05) is 46.1 Å². The molecule has 3 unspecified atom stereocenters. The van der Waals surface area contributed by atoms with E-state index in [9.17, 15) is 14.7 Å². The van der Waals surface area contributed by atoms with Crippen molar-refractivity contribution < 1.29 is 29.0 Å². The zero-order valence-electron chi connectivity index (χ0n) is 28.5. The first-order chi connectivity index (χ1) is 22.7. The summed E-state index contributed by atoms with van der Waals surface area (Å²) in [6, 6.07) is 4.69. The number of oxime groups is 1. The Hall–Kier alpha value is -2.65. The molecule has 1 aromatic rings. The molecule has 0 heterocycles. The van der Waals surface area contributed by atoms with E-state index in [1.54, 1.807) is 5.56 Å². The van der Waals surface area contributed by atoms with Gasteiger partial charge in [-0.15, -0.1) is 0 Å². The van der Waals surface area contributed by atoms with E-state index in [2.05, 4.69) is 34.8 Å². The molecule has 8 rings (SSSR count). The summed E-state index contributed by atoms with van der Waals surface area (Å²) in [5.74, 6) is 4.68. The molecule has 0 radical (unpaired) electrons. The highest BCUT2D eigenvalue weighted by atomic mass is 16.6. The Morgan fingerprint density at radius 2 is 1.60 bits per heavy atom. The Balaban J connectivity index is 0.903. The van der Waals surface area contributed by atoms with Crippen LogP contribution in [0.5, 0.6) is 5.75 Å². The van der Waals surface area contributed by atoms with Gasteiger partial charge in [-0.2, -0.15) is 0 Å². The molecular formula is C38H55N3O6. The molecule has 7 aliphatic carbocycles. The van der Waals surface area contributed by atoms with Crippen LogP contribution in [0.3, 0.4) is 0 Å². The average Bonchev–Trinajstić information content (AvgIpc) is 3.36. The molecule has 1 aromatic carbocycles. The molecule has 6 saturated carbocycles. The van der Waals surface area contributed by atoms with Gasteiger partial charge in [0.2, 0.25) is 5.91 Å². The smallest absolute Gasteiger partial charge is 0.260 e. The maximum atomic E-state index is 12.4. The van der Waals surface area contributed by atoms with Crippen LogP contribution >= 0.6 is 0 Å². The van der Waals surface area contributed by atoms with Gasteiger partial charge >= 0.3 is 0 Å². The third-order valence-electron chi connectivity index (χ3n) is 13.1. The molecule has 3 N–H and O–H groups in total. The van der Waals surface area contributed by atoms with Crippen molar-refractivity contribution in [2.45, 2.75) is 102 Å². The molecule has 47 heavy (non-hydrogen) atoms. The van der Waals surface area contributed by atoms with Crippen LogP contribution in [-0.2, 0) is 35.7 Å². The minimum Gasteiger partial charge on any atom is -0.508 e. The number of hydrogen-bond donors (Lipinski definition) is 3. The second-order valence-electron chi connectivity index (χ2n) is 16.0. The Morgan fingerprint density at radius 3 is 2.28 bits per heavy atom.